The number of methoxy groups -OCH3 is 1. The van der Waals surface area contributed by atoms with Crippen molar-refractivity contribution >= 4 is 11.8 Å². The summed E-state index contributed by atoms with van der Waals surface area (Å²) >= 11 is 0. The second-order valence-electron chi connectivity index (χ2n) is 7.96. The van der Waals surface area contributed by atoms with E-state index in [9.17, 15) is 9.90 Å². The Hall–Kier alpha value is -2.31. The van der Waals surface area contributed by atoms with Gasteiger partial charge in [0.1, 0.15) is 0 Å². The zero-order chi connectivity index (χ0) is 20.9. The quantitative estimate of drug-likeness (QED) is 0.734. The lowest BCUT2D eigenvalue weighted by Gasteiger charge is -2.43. The summed E-state index contributed by atoms with van der Waals surface area (Å²) < 4.78 is 7.83. The third-order valence-electron chi connectivity index (χ3n) is 6.28. The Kier molecular flexibility index (Phi) is 6.98. The number of aromatic nitrogens is 1. The summed E-state index contributed by atoms with van der Waals surface area (Å²) in [5.41, 5.74) is 3.07. The van der Waals surface area contributed by atoms with Gasteiger partial charge in [-0.3, -0.25) is 4.90 Å². The number of carbonyl (C=O) groups is 1. The molecule has 3 rings (SSSR count). The molecule has 0 spiro atoms. The lowest BCUT2D eigenvalue weighted by Crippen LogP contribution is -2.46. The molecule has 0 saturated carbocycles. The fourth-order valence-corrected chi connectivity index (χ4v) is 4.57. The highest BCUT2D eigenvalue weighted by Gasteiger charge is 2.39. The van der Waals surface area contributed by atoms with Crippen LogP contribution in [0.25, 0.3) is 0 Å². The predicted octanol–water partition coefficient (Wildman–Crippen LogP) is 3.75. The number of piperidine rings is 1. The number of benzene rings is 1. The fraction of sp³-hybridized carbons (Fsp3) is 0.522. The van der Waals surface area contributed by atoms with Gasteiger partial charge in [0.05, 0.1) is 12.3 Å². The van der Waals surface area contributed by atoms with E-state index in [4.69, 9.17) is 4.74 Å². The van der Waals surface area contributed by atoms with E-state index in [0.717, 1.165) is 50.1 Å². The van der Waals surface area contributed by atoms with Gasteiger partial charge in [-0.1, -0.05) is 18.2 Å². The zero-order valence-electron chi connectivity index (χ0n) is 17.8. The minimum atomic E-state index is -0.910. The Bertz CT molecular complexity index is 809. The van der Waals surface area contributed by atoms with Crippen molar-refractivity contribution in [3.63, 3.8) is 0 Å². The number of hydrogen-bond acceptors (Lipinski definition) is 3. The van der Waals surface area contributed by atoms with E-state index in [1.54, 1.807) is 7.11 Å². The van der Waals surface area contributed by atoms with Crippen molar-refractivity contribution in [3.05, 3.63) is 53.9 Å². The maximum atomic E-state index is 11.8. The zero-order valence-corrected chi connectivity index (χ0v) is 17.8. The molecule has 2 heterocycles. The van der Waals surface area contributed by atoms with Gasteiger partial charge >= 0.3 is 6.09 Å². The molecule has 0 unspecified atom stereocenters. The van der Waals surface area contributed by atoms with Gasteiger partial charge in [-0.25, -0.2) is 4.79 Å². The van der Waals surface area contributed by atoms with Gasteiger partial charge in [0.25, 0.3) is 0 Å². The van der Waals surface area contributed by atoms with Gasteiger partial charge in [0.2, 0.25) is 0 Å². The van der Waals surface area contributed by atoms with Crippen LogP contribution < -0.4 is 4.90 Å². The van der Waals surface area contributed by atoms with Crippen LogP contribution >= 0.6 is 0 Å². The van der Waals surface area contributed by atoms with Crippen LogP contribution in [-0.2, 0) is 23.6 Å². The number of carboxylic acid groups (broad SMARTS) is 1. The van der Waals surface area contributed by atoms with E-state index in [2.05, 4.69) is 40.9 Å². The Morgan fingerprint density at radius 3 is 2.52 bits per heavy atom. The number of amides is 1. The number of anilines is 1. The Labute approximate surface area is 173 Å². The van der Waals surface area contributed by atoms with E-state index < -0.39 is 6.09 Å². The Morgan fingerprint density at radius 2 is 1.93 bits per heavy atom. The van der Waals surface area contributed by atoms with Crippen molar-refractivity contribution in [1.29, 1.82) is 0 Å². The number of hydrogen-bond donors (Lipinski definition) is 1. The first-order valence-corrected chi connectivity index (χ1v) is 10.4. The third kappa shape index (κ3) is 4.65. The van der Waals surface area contributed by atoms with Crippen molar-refractivity contribution in [2.75, 3.05) is 44.8 Å². The molecular formula is C23H33N3O3. The highest BCUT2D eigenvalue weighted by Crippen LogP contribution is 2.41. The lowest BCUT2D eigenvalue weighted by molar-refractivity contribution is 0.0731. The largest absolute Gasteiger partial charge is 0.465 e. The van der Waals surface area contributed by atoms with Crippen molar-refractivity contribution < 1.29 is 14.6 Å². The van der Waals surface area contributed by atoms with Crippen LogP contribution in [0.3, 0.4) is 0 Å². The summed E-state index contributed by atoms with van der Waals surface area (Å²) in [6.07, 6.45) is 4.14. The van der Waals surface area contributed by atoms with Gasteiger partial charge in [-0.15, -0.1) is 0 Å². The molecule has 1 aromatic carbocycles. The van der Waals surface area contributed by atoms with Crippen LogP contribution in [0.1, 0.15) is 31.0 Å². The molecule has 1 aliphatic rings. The van der Waals surface area contributed by atoms with Crippen LogP contribution in [0.4, 0.5) is 10.5 Å². The van der Waals surface area contributed by atoms with Crippen LogP contribution in [0.15, 0.2) is 42.6 Å². The van der Waals surface area contributed by atoms with Crippen LogP contribution in [0.2, 0.25) is 0 Å². The second-order valence-corrected chi connectivity index (χ2v) is 7.96. The Balaban J connectivity index is 1.77. The first kappa shape index (κ1) is 21.4. The number of ether oxygens (including phenoxy) is 1. The summed E-state index contributed by atoms with van der Waals surface area (Å²) in [7, 11) is 3.83. The molecule has 29 heavy (non-hydrogen) atoms. The van der Waals surface area contributed by atoms with Crippen molar-refractivity contribution in [2.45, 2.75) is 31.6 Å². The van der Waals surface area contributed by atoms with Crippen molar-refractivity contribution in [2.24, 2.45) is 7.05 Å². The van der Waals surface area contributed by atoms with Gasteiger partial charge < -0.3 is 19.3 Å². The molecule has 1 N–H and O–H groups in total. The minimum absolute atomic E-state index is 0.157. The molecule has 6 heteroatoms. The summed E-state index contributed by atoms with van der Waals surface area (Å²) in [5.74, 6) is 0. The summed E-state index contributed by atoms with van der Waals surface area (Å²) in [6, 6.07) is 12.2. The van der Waals surface area contributed by atoms with Crippen LogP contribution in [0.5, 0.6) is 0 Å². The molecule has 1 aromatic heterocycles. The summed E-state index contributed by atoms with van der Waals surface area (Å²) in [5, 5.41) is 9.67. The van der Waals surface area contributed by atoms with E-state index in [-0.39, 0.29) is 5.41 Å². The maximum Gasteiger partial charge on any atom is 0.411 e. The third-order valence-corrected chi connectivity index (χ3v) is 6.28. The molecule has 1 aliphatic heterocycles. The smallest absolute Gasteiger partial charge is 0.411 e. The van der Waals surface area contributed by atoms with E-state index >= 15 is 0 Å². The molecule has 0 atom stereocenters. The van der Waals surface area contributed by atoms with E-state index in [1.807, 2.05) is 25.1 Å². The standard InChI is InChI=1S/C23H33N3O3/c1-4-26(22(27)28)21-10-6-5-9-20(21)23(18-29-3)12-16-25(17-13-23)15-11-19-8-7-14-24(19)2/h5-10,14H,4,11-13,15-18H2,1-3H3,(H,27,28). The second kappa shape index (κ2) is 9.46. The van der Waals surface area contributed by atoms with Gasteiger partial charge in [-0.05, 0) is 56.6 Å². The normalized spacial score (nSPS) is 16.7. The summed E-state index contributed by atoms with van der Waals surface area (Å²) in [4.78, 5) is 15.7. The van der Waals surface area contributed by atoms with E-state index in [1.165, 1.54) is 10.6 Å². The first-order chi connectivity index (χ1) is 14.0. The first-order valence-electron chi connectivity index (χ1n) is 10.4. The van der Waals surface area contributed by atoms with Crippen LogP contribution in [0, 0.1) is 0 Å². The fourth-order valence-electron chi connectivity index (χ4n) is 4.57. The lowest BCUT2D eigenvalue weighted by atomic mass is 9.72. The number of para-hydroxylation sites is 1. The topological polar surface area (TPSA) is 57.9 Å². The molecule has 1 saturated heterocycles. The number of aryl methyl sites for hydroxylation is 1. The monoisotopic (exact) mass is 399 g/mol. The number of nitrogens with zero attached hydrogens (tertiary/aromatic N) is 3. The highest BCUT2D eigenvalue weighted by molar-refractivity contribution is 5.87. The van der Waals surface area contributed by atoms with Crippen molar-refractivity contribution in [1.82, 2.24) is 9.47 Å². The van der Waals surface area contributed by atoms with E-state index in [0.29, 0.717) is 13.2 Å². The molecule has 2 aromatic rings. The number of rotatable bonds is 8. The van der Waals surface area contributed by atoms with Gasteiger partial charge in [0, 0.05) is 51.0 Å². The highest BCUT2D eigenvalue weighted by atomic mass is 16.5. The molecule has 1 fully saturated rings. The molecule has 6 nitrogen and oxygen atoms in total. The average Bonchev–Trinajstić information content (AvgIpc) is 3.13. The number of likely N-dealkylation sites (tertiary alicyclic amines) is 1. The summed E-state index contributed by atoms with van der Waals surface area (Å²) in [6.45, 7) is 5.92. The van der Waals surface area contributed by atoms with Gasteiger partial charge in [-0.2, -0.15) is 0 Å². The Morgan fingerprint density at radius 1 is 1.21 bits per heavy atom. The molecule has 158 valence electrons. The van der Waals surface area contributed by atoms with Crippen LogP contribution in [-0.4, -0.2) is 60.6 Å². The van der Waals surface area contributed by atoms with Gasteiger partial charge in [0.15, 0.2) is 0 Å². The average molecular weight is 400 g/mol. The SMILES string of the molecule is CCN(C(=O)O)c1ccccc1C1(COC)CCN(CCc2cccn2C)CC1. The minimum Gasteiger partial charge on any atom is -0.465 e. The molecule has 0 radical (unpaired) electrons. The predicted molar refractivity (Wildman–Crippen MR) is 116 cm³/mol. The maximum absolute atomic E-state index is 11.8. The molecule has 0 bridgehead atoms. The molecular weight excluding hydrogens is 366 g/mol. The molecule has 1 amide bonds. The van der Waals surface area contributed by atoms with Crippen molar-refractivity contribution in [3.8, 4) is 0 Å². The molecule has 0 aliphatic carbocycles.